The molecule has 0 saturated heterocycles. The van der Waals surface area contributed by atoms with Crippen molar-refractivity contribution in [3.63, 3.8) is 0 Å². The average Bonchev–Trinajstić information content (AvgIpc) is 2.08. The van der Waals surface area contributed by atoms with Crippen LogP contribution in [0.25, 0.3) is 0 Å². The van der Waals surface area contributed by atoms with Crippen LogP contribution in [0.2, 0.25) is 10.0 Å². The number of hydrogen-bond donors (Lipinski definition) is 2. The van der Waals surface area contributed by atoms with Crippen LogP contribution in [0.4, 0.5) is 0 Å². The van der Waals surface area contributed by atoms with E-state index in [1.807, 2.05) is 0 Å². The van der Waals surface area contributed by atoms with Gasteiger partial charge in [0.2, 0.25) is 5.91 Å². The zero-order chi connectivity index (χ0) is 10.0. The second kappa shape index (κ2) is 3.96. The smallest absolute Gasteiger partial charge is 0.238 e. The highest BCUT2D eigenvalue weighted by molar-refractivity contribution is 6.42. The van der Waals surface area contributed by atoms with Crippen molar-refractivity contribution in [2.24, 2.45) is 11.5 Å². The standard InChI is InChI=1S/C8H8Cl2N2O/c9-5-3-1-2-4(6(5)10)7(11)8(12)13/h1-3,7H,11H2,(H2,12,13). The highest BCUT2D eigenvalue weighted by Crippen LogP contribution is 2.28. The van der Waals surface area contributed by atoms with Gasteiger partial charge >= 0.3 is 0 Å². The molecule has 1 aromatic carbocycles. The minimum absolute atomic E-state index is 0.274. The summed E-state index contributed by atoms with van der Waals surface area (Å²) >= 11 is 11.5. The van der Waals surface area contributed by atoms with Crippen molar-refractivity contribution in [2.45, 2.75) is 6.04 Å². The van der Waals surface area contributed by atoms with Crippen LogP contribution in [-0.4, -0.2) is 5.91 Å². The third kappa shape index (κ3) is 2.12. The van der Waals surface area contributed by atoms with Crippen LogP contribution in [0.15, 0.2) is 18.2 Å². The van der Waals surface area contributed by atoms with Gasteiger partial charge in [-0.05, 0) is 11.6 Å². The lowest BCUT2D eigenvalue weighted by molar-refractivity contribution is -0.119. The highest BCUT2D eigenvalue weighted by Gasteiger charge is 2.16. The number of carbonyl (C=O) groups is 1. The van der Waals surface area contributed by atoms with E-state index in [1.54, 1.807) is 18.2 Å². The molecule has 0 heterocycles. The van der Waals surface area contributed by atoms with E-state index in [0.717, 1.165) is 0 Å². The maximum Gasteiger partial charge on any atom is 0.238 e. The quantitative estimate of drug-likeness (QED) is 0.790. The molecule has 0 radical (unpaired) electrons. The van der Waals surface area contributed by atoms with E-state index >= 15 is 0 Å². The average molecular weight is 219 g/mol. The molecule has 0 spiro atoms. The molecule has 0 aromatic heterocycles. The van der Waals surface area contributed by atoms with Crippen LogP contribution in [0, 0.1) is 0 Å². The van der Waals surface area contributed by atoms with Gasteiger partial charge in [-0.25, -0.2) is 0 Å². The summed E-state index contributed by atoms with van der Waals surface area (Å²) in [7, 11) is 0. The van der Waals surface area contributed by atoms with Gasteiger partial charge in [-0.1, -0.05) is 35.3 Å². The monoisotopic (exact) mass is 218 g/mol. The van der Waals surface area contributed by atoms with Gasteiger partial charge in [0.05, 0.1) is 10.0 Å². The van der Waals surface area contributed by atoms with Gasteiger partial charge in [0, 0.05) is 0 Å². The van der Waals surface area contributed by atoms with E-state index in [1.165, 1.54) is 0 Å². The summed E-state index contributed by atoms with van der Waals surface area (Å²) in [6, 6.07) is 3.98. The van der Waals surface area contributed by atoms with E-state index in [-0.39, 0.29) is 5.02 Å². The fraction of sp³-hybridized carbons (Fsp3) is 0.125. The van der Waals surface area contributed by atoms with Crippen LogP contribution >= 0.6 is 23.2 Å². The van der Waals surface area contributed by atoms with Crippen LogP contribution in [-0.2, 0) is 4.79 Å². The first kappa shape index (κ1) is 10.3. The predicted molar refractivity (Wildman–Crippen MR) is 52.6 cm³/mol. The van der Waals surface area contributed by atoms with Gasteiger partial charge in [0.15, 0.2) is 0 Å². The molecule has 70 valence electrons. The van der Waals surface area contributed by atoms with E-state index in [4.69, 9.17) is 34.7 Å². The third-order valence-corrected chi connectivity index (χ3v) is 2.46. The number of benzene rings is 1. The molecule has 0 fully saturated rings. The lowest BCUT2D eigenvalue weighted by Crippen LogP contribution is -2.28. The molecular weight excluding hydrogens is 211 g/mol. The van der Waals surface area contributed by atoms with E-state index in [9.17, 15) is 4.79 Å². The summed E-state index contributed by atoms with van der Waals surface area (Å²) in [4.78, 5) is 10.8. The molecule has 1 aromatic rings. The number of primary amides is 1. The largest absolute Gasteiger partial charge is 0.368 e. The molecule has 13 heavy (non-hydrogen) atoms. The molecule has 1 amide bonds. The minimum atomic E-state index is -0.911. The van der Waals surface area contributed by atoms with Gasteiger partial charge in [-0.15, -0.1) is 0 Å². The number of carbonyl (C=O) groups excluding carboxylic acids is 1. The Bertz CT molecular complexity index is 341. The lowest BCUT2D eigenvalue weighted by atomic mass is 10.1. The van der Waals surface area contributed by atoms with E-state index in [2.05, 4.69) is 0 Å². The normalized spacial score (nSPS) is 12.5. The zero-order valence-electron chi connectivity index (χ0n) is 6.63. The summed E-state index contributed by atoms with van der Waals surface area (Å²) in [6.45, 7) is 0. The topological polar surface area (TPSA) is 69.1 Å². The SMILES string of the molecule is NC(=O)C(N)c1cccc(Cl)c1Cl. The van der Waals surface area contributed by atoms with Crippen molar-refractivity contribution in [1.29, 1.82) is 0 Å². The summed E-state index contributed by atoms with van der Waals surface area (Å²) in [6.07, 6.45) is 0. The fourth-order valence-electron chi connectivity index (χ4n) is 0.914. The molecule has 1 unspecified atom stereocenters. The van der Waals surface area contributed by atoms with Crippen LogP contribution < -0.4 is 11.5 Å². The molecule has 1 rings (SSSR count). The van der Waals surface area contributed by atoms with Crippen molar-refractivity contribution < 1.29 is 4.79 Å². The van der Waals surface area contributed by atoms with Gasteiger partial charge in [0.1, 0.15) is 6.04 Å². The maximum atomic E-state index is 10.8. The highest BCUT2D eigenvalue weighted by atomic mass is 35.5. The molecule has 0 aliphatic rings. The molecule has 5 heteroatoms. The molecule has 0 aliphatic heterocycles. The number of amides is 1. The molecule has 1 atom stereocenters. The van der Waals surface area contributed by atoms with Crippen LogP contribution in [0.3, 0.4) is 0 Å². The Kier molecular flexibility index (Phi) is 3.14. The predicted octanol–water partition coefficient (Wildman–Crippen LogP) is 1.48. The Hall–Kier alpha value is -0.770. The molecule has 0 aliphatic carbocycles. The molecule has 4 N–H and O–H groups in total. The van der Waals surface area contributed by atoms with Crippen LogP contribution in [0.5, 0.6) is 0 Å². The van der Waals surface area contributed by atoms with Gasteiger partial charge in [-0.3, -0.25) is 4.79 Å². The van der Waals surface area contributed by atoms with Crippen molar-refractivity contribution in [1.82, 2.24) is 0 Å². The summed E-state index contributed by atoms with van der Waals surface area (Å²) in [5.74, 6) is -0.635. The first-order chi connectivity index (χ1) is 6.04. The van der Waals surface area contributed by atoms with Crippen molar-refractivity contribution >= 4 is 29.1 Å². The van der Waals surface area contributed by atoms with Crippen molar-refractivity contribution in [2.75, 3.05) is 0 Å². The van der Waals surface area contributed by atoms with Crippen molar-refractivity contribution in [3.8, 4) is 0 Å². The van der Waals surface area contributed by atoms with Gasteiger partial charge in [0.25, 0.3) is 0 Å². The number of halogens is 2. The molecule has 3 nitrogen and oxygen atoms in total. The number of rotatable bonds is 2. The van der Waals surface area contributed by atoms with E-state index in [0.29, 0.717) is 10.6 Å². The second-order valence-electron chi connectivity index (χ2n) is 2.52. The summed E-state index contributed by atoms with van der Waals surface area (Å²) in [5.41, 5.74) is 11.0. The first-order valence-electron chi connectivity index (χ1n) is 3.53. The second-order valence-corrected chi connectivity index (χ2v) is 3.31. The number of hydrogen-bond acceptors (Lipinski definition) is 2. The molecule has 0 saturated carbocycles. The molecule has 0 bridgehead atoms. The Morgan fingerprint density at radius 1 is 1.38 bits per heavy atom. The van der Waals surface area contributed by atoms with Crippen LogP contribution in [0.1, 0.15) is 11.6 Å². The van der Waals surface area contributed by atoms with Crippen molar-refractivity contribution in [3.05, 3.63) is 33.8 Å². The van der Waals surface area contributed by atoms with E-state index < -0.39 is 11.9 Å². The summed E-state index contributed by atoms with van der Waals surface area (Å²) < 4.78 is 0. The summed E-state index contributed by atoms with van der Waals surface area (Å²) in [5, 5.41) is 0.631. The van der Waals surface area contributed by atoms with Gasteiger partial charge in [-0.2, -0.15) is 0 Å². The van der Waals surface area contributed by atoms with Gasteiger partial charge < -0.3 is 11.5 Å². The Morgan fingerprint density at radius 3 is 2.54 bits per heavy atom. The maximum absolute atomic E-state index is 10.8. The fourth-order valence-corrected chi connectivity index (χ4v) is 1.34. The Labute approximate surface area is 85.6 Å². The third-order valence-electron chi connectivity index (χ3n) is 1.62. The number of nitrogens with two attached hydrogens (primary N) is 2. The minimum Gasteiger partial charge on any atom is -0.368 e. The first-order valence-corrected chi connectivity index (χ1v) is 4.28. The molecular formula is C8H8Cl2N2O. The zero-order valence-corrected chi connectivity index (χ0v) is 8.14. The Morgan fingerprint density at radius 2 is 2.00 bits per heavy atom. The Balaban J connectivity index is 3.15. The lowest BCUT2D eigenvalue weighted by Gasteiger charge is -2.10.